The van der Waals surface area contributed by atoms with Crippen molar-refractivity contribution in [2.75, 3.05) is 32.4 Å². The molecule has 0 aromatic rings. The molecule has 0 fully saturated rings. The molecule has 0 bridgehead atoms. The van der Waals surface area contributed by atoms with Crippen molar-refractivity contribution in [2.45, 2.75) is 0 Å². The van der Waals surface area contributed by atoms with Crippen LogP contribution < -0.4 is 5.32 Å². The Balaban J connectivity index is 0. The molecule has 4 heteroatoms. The number of hydrogen-bond acceptors (Lipinski definition) is 2. The molecule has 0 atom stereocenters. The Morgan fingerprint density at radius 2 is 1.80 bits per heavy atom. The molecule has 0 heterocycles. The zero-order valence-corrected chi connectivity index (χ0v) is 7.79. The standard InChI is InChI=1S/C3H7NO2.C3H9S/c1-4-2-3(5)6;1-4(2)3/h4H,2H2,1H3,(H,5,6);1-3H3/q;+1. The van der Waals surface area contributed by atoms with Crippen LogP contribution in [0.15, 0.2) is 0 Å². The van der Waals surface area contributed by atoms with Gasteiger partial charge in [0.25, 0.3) is 0 Å². The van der Waals surface area contributed by atoms with Gasteiger partial charge in [-0.3, -0.25) is 4.79 Å². The zero-order valence-electron chi connectivity index (χ0n) is 6.97. The lowest BCUT2D eigenvalue weighted by Gasteiger charge is -1.84. The van der Waals surface area contributed by atoms with Gasteiger partial charge in [-0.2, -0.15) is 0 Å². The third-order valence-corrected chi connectivity index (χ3v) is 0.328. The number of carboxylic acids is 1. The van der Waals surface area contributed by atoms with Crippen LogP contribution in [-0.2, 0) is 15.7 Å². The highest BCUT2D eigenvalue weighted by molar-refractivity contribution is 7.94. The minimum atomic E-state index is -0.822. The molecule has 0 saturated carbocycles. The van der Waals surface area contributed by atoms with Crippen molar-refractivity contribution in [1.82, 2.24) is 5.32 Å². The van der Waals surface area contributed by atoms with Gasteiger partial charge < -0.3 is 10.4 Å². The maximum absolute atomic E-state index is 9.54. The van der Waals surface area contributed by atoms with Gasteiger partial charge in [-0.15, -0.1) is 0 Å². The van der Waals surface area contributed by atoms with E-state index in [1.54, 1.807) is 7.05 Å². The van der Waals surface area contributed by atoms with Gasteiger partial charge in [0, 0.05) is 0 Å². The first-order valence-corrected chi connectivity index (χ1v) is 5.31. The molecule has 0 aliphatic carbocycles. The van der Waals surface area contributed by atoms with Crippen LogP contribution in [0.5, 0.6) is 0 Å². The van der Waals surface area contributed by atoms with Crippen molar-refractivity contribution in [3.05, 3.63) is 0 Å². The van der Waals surface area contributed by atoms with Crippen LogP contribution in [0, 0.1) is 0 Å². The first kappa shape index (κ1) is 12.5. The van der Waals surface area contributed by atoms with Crippen LogP contribution in [-0.4, -0.2) is 43.4 Å². The van der Waals surface area contributed by atoms with Crippen LogP contribution >= 0.6 is 0 Å². The van der Waals surface area contributed by atoms with Gasteiger partial charge in [-0.05, 0) is 17.9 Å². The summed E-state index contributed by atoms with van der Waals surface area (Å²) in [5.74, 6) is -0.822. The van der Waals surface area contributed by atoms with E-state index in [1.807, 2.05) is 0 Å². The number of aliphatic carboxylic acids is 1. The van der Waals surface area contributed by atoms with Gasteiger partial charge in [0.1, 0.15) is 0 Å². The van der Waals surface area contributed by atoms with E-state index in [4.69, 9.17) is 5.11 Å². The fourth-order valence-electron chi connectivity index (χ4n) is 0.151. The molecule has 62 valence electrons. The molecule has 2 N–H and O–H groups in total. The topological polar surface area (TPSA) is 49.3 Å². The summed E-state index contributed by atoms with van der Waals surface area (Å²) in [7, 11) is 2.23. The molecular weight excluding hydrogens is 150 g/mol. The van der Waals surface area contributed by atoms with Crippen molar-refractivity contribution in [3.63, 3.8) is 0 Å². The fourth-order valence-corrected chi connectivity index (χ4v) is 0.151. The minimum absolute atomic E-state index is 0.0417. The van der Waals surface area contributed by atoms with Crippen LogP contribution in [0.25, 0.3) is 0 Å². The lowest BCUT2D eigenvalue weighted by atomic mass is 10.7. The Bertz CT molecular complexity index is 83.1. The van der Waals surface area contributed by atoms with Crippen LogP contribution in [0.4, 0.5) is 0 Å². The van der Waals surface area contributed by atoms with E-state index in [-0.39, 0.29) is 6.54 Å². The quantitative estimate of drug-likeness (QED) is 0.558. The lowest BCUT2D eigenvalue weighted by molar-refractivity contribution is -0.135. The highest BCUT2D eigenvalue weighted by Crippen LogP contribution is 1.63. The van der Waals surface area contributed by atoms with E-state index in [1.165, 1.54) is 0 Å². The summed E-state index contributed by atoms with van der Waals surface area (Å²) in [5.41, 5.74) is 0. The van der Waals surface area contributed by atoms with Gasteiger partial charge >= 0.3 is 5.97 Å². The van der Waals surface area contributed by atoms with E-state index in [9.17, 15) is 4.79 Å². The molecule has 0 radical (unpaired) electrons. The molecule has 0 rings (SSSR count). The van der Waals surface area contributed by atoms with Crippen LogP contribution in [0.3, 0.4) is 0 Å². The number of rotatable bonds is 2. The smallest absolute Gasteiger partial charge is 0.317 e. The summed E-state index contributed by atoms with van der Waals surface area (Å²) in [4.78, 5) is 9.54. The van der Waals surface area contributed by atoms with Gasteiger partial charge in [-0.25, -0.2) is 0 Å². The Morgan fingerprint density at radius 3 is 1.80 bits per heavy atom. The average molecular weight is 166 g/mol. The molecule has 10 heavy (non-hydrogen) atoms. The van der Waals surface area contributed by atoms with Crippen LogP contribution in [0.2, 0.25) is 0 Å². The molecule has 0 aromatic heterocycles. The largest absolute Gasteiger partial charge is 0.480 e. The molecule has 0 aromatic carbocycles. The van der Waals surface area contributed by atoms with E-state index < -0.39 is 5.97 Å². The Labute approximate surface area is 65.2 Å². The molecule has 0 spiro atoms. The summed E-state index contributed by atoms with van der Waals surface area (Å²) < 4.78 is 0. The molecule has 0 unspecified atom stereocenters. The third kappa shape index (κ3) is 46.3. The Morgan fingerprint density at radius 1 is 1.50 bits per heavy atom. The van der Waals surface area contributed by atoms with E-state index in [0.717, 1.165) is 0 Å². The molecule has 0 aliphatic heterocycles. The van der Waals surface area contributed by atoms with Gasteiger partial charge in [-0.1, -0.05) is 0 Å². The summed E-state index contributed by atoms with van der Waals surface area (Å²) in [6, 6.07) is 0. The normalized spacial score (nSPS) is 8.50. The second kappa shape index (κ2) is 8.78. The predicted molar refractivity (Wildman–Crippen MR) is 46.7 cm³/mol. The molecule has 0 aliphatic rings. The third-order valence-electron chi connectivity index (χ3n) is 0.328. The zero-order chi connectivity index (χ0) is 8.57. The maximum Gasteiger partial charge on any atom is 0.317 e. The maximum atomic E-state index is 9.54. The van der Waals surface area contributed by atoms with Crippen molar-refractivity contribution in [1.29, 1.82) is 0 Å². The van der Waals surface area contributed by atoms with E-state index >= 15 is 0 Å². The van der Waals surface area contributed by atoms with Crippen molar-refractivity contribution in [3.8, 4) is 0 Å². The highest BCUT2D eigenvalue weighted by Gasteiger charge is 1.86. The van der Waals surface area contributed by atoms with E-state index in [2.05, 4.69) is 24.1 Å². The second-order valence-corrected chi connectivity index (χ2v) is 4.60. The Hall–Kier alpha value is -0.220. The first-order chi connectivity index (χ1) is 4.50. The van der Waals surface area contributed by atoms with Crippen molar-refractivity contribution < 1.29 is 9.90 Å². The van der Waals surface area contributed by atoms with Crippen molar-refractivity contribution in [2.24, 2.45) is 0 Å². The van der Waals surface area contributed by atoms with Gasteiger partial charge in [0.05, 0.1) is 25.3 Å². The molecule has 3 nitrogen and oxygen atoms in total. The monoisotopic (exact) mass is 166 g/mol. The fraction of sp³-hybridized carbons (Fsp3) is 0.833. The van der Waals surface area contributed by atoms with Gasteiger partial charge in [0.2, 0.25) is 0 Å². The second-order valence-electron chi connectivity index (χ2n) is 2.15. The van der Waals surface area contributed by atoms with E-state index in [0.29, 0.717) is 10.9 Å². The summed E-state index contributed by atoms with van der Waals surface area (Å²) in [5, 5.41) is 10.3. The summed E-state index contributed by atoms with van der Waals surface area (Å²) in [6.07, 6.45) is 6.58. The number of likely N-dealkylation sites (N-methyl/N-ethyl adjacent to an activating group) is 1. The number of hydrogen-bond donors (Lipinski definition) is 2. The highest BCUT2D eigenvalue weighted by atomic mass is 32.2. The predicted octanol–water partition coefficient (Wildman–Crippen LogP) is -0.216. The summed E-state index contributed by atoms with van der Waals surface area (Å²) in [6.45, 7) is 0.0417. The SMILES string of the molecule is CNCC(=O)O.C[S+](C)C. The average Bonchev–Trinajstić information content (AvgIpc) is 1.62. The summed E-state index contributed by atoms with van der Waals surface area (Å²) >= 11 is 0. The number of carbonyl (C=O) groups is 1. The molecule has 0 amide bonds. The lowest BCUT2D eigenvalue weighted by Crippen LogP contribution is -2.16. The first-order valence-electron chi connectivity index (χ1n) is 2.86. The van der Waals surface area contributed by atoms with Gasteiger partial charge in [0.15, 0.2) is 0 Å². The van der Waals surface area contributed by atoms with Crippen molar-refractivity contribution >= 4 is 16.9 Å². The minimum Gasteiger partial charge on any atom is -0.480 e. The Kier molecular flexibility index (Phi) is 10.9. The molecular formula is C6H16NO2S+. The van der Waals surface area contributed by atoms with Crippen LogP contribution in [0.1, 0.15) is 0 Å². The number of carboxylic acid groups (broad SMARTS) is 1. The molecule has 0 saturated heterocycles. The number of nitrogens with one attached hydrogen (secondary N) is 1.